The van der Waals surface area contributed by atoms with Gasteiger partial charge in [-0.2, -0.15) is 0 Å². The average Bonchev–Trinajstić information content (AvgIpc) is 2.42. The zero-order valence-electron chi connectivity index (χ0n) is 12.0. The number of carboxylic acids is 1. The molecule has 0 aliphatic carbocycles. The molecule has 0 aliphatic rings. The number of ether oxygens (including phenoxy) is 2. The molecular formula is C14H19NO5. The number of hydrogen-bond donors (Lipinski definition) is 2. The third-order valence-electron chi connectivity index (χ3n) is 2.87. The van der Waals surface area contributed by atoms with E-state index in [1.165, 1.54) is 14.2 Å². The number of benzene rings is 1. The molecule has 0 fully saturated rings. The zero-order valence-corrected chi connectivity index (χ0v) is 12.0. The summed E-state index contributed by atoms with van der Waals surface area (Å²) in [5.41, 5.74) is 0.235. The Labute approximate surface area is 117 Å². The SMILES string of the molecule is COc1cccc(C(=O)N[C@@H](C(=O)O)C(C)C)c1OC. The predicted molar refractivity (Wildman–Crippen MR) is 73.3 cm³/mol. The van der Waals surface area contributed by atoms with Crippen LogP contribution in [-0.4, -0.2) is 37.2 Å². The Hall–Kier alpha value is -2.24. The first kappa shape index (κ1) is 15.8. The van der Waals surface area contributed by atoms with Crippen molar-refractivity contribution in [3.05, 3.63) is 23.8 Å². The van der Waals surface area contributed by atoms with E-state index in [4.69, 9.17) is 14.6 Å². The van der Waals surface area contributed by atoms with Crippen LogP contribution in [0.3, 0.4) is 0 Å². The molecule has 6 heteroatoms. The molecule has 0 bridgehead atoms. The lowest BCUT2D eigenvalue weighted by molar-refractivity contribution is -0.140. The highest BCUT2D eigenvalue weighted by atomic mass is 16.5. The summed E-state index contributed by atoms with van der Waals surface area (Å²) in [5.74, 6) is -1.12. The minimum Gasteiger partial charge on any atom is -0.493 e. The number of nitrogens with one attached hydrogen (secondary N) is 1. The molecule has 1 atom stereocenters. The fourth-order valence-electron chi connectivity index (χ4n) is 1.80. The smallest absolute Gasteiger partial charge is 0.326 e. The van der Waals surface area contributed by atoms with Crippen molar-refractivity contribution in [2.24, 2.45) is 5.92 Å². The van der Waals surface area contributed by atoms with E-state index in [-0.39, 0.29) is 17.2 Å². The molecule has 0 spiro atoms. The van der Waals surface area contributed by atoms with Gasteiger partial charge in [-0.3, -0.25) is 4.79 Å². The number of methoxy groups -OCH3 is 2. The fourth-order valence-corrected chi connectivity index (χ4v) is 1.80. The number of hydrogen-bond acceptors (Lipinski definition) is 4. The van der Waals surface area contributed by atoms with Crippen LogP contribution >= 0.6 is 0 Å². The number of carbonyl (C=O) groups excluding carboxylic acids is 1. The summed E-state index contributed by atoms with van der Waals surface area (Å²) in [6, 6.07) is 3.89. The van der Waals surface area contributed by atoms with Gasteiger partial charge in [-0.25, -0.2) is 4.79 Å². The van der Waals surface area contributed by atoms with E-state index in [1.807, 2.05) is 0 Å². The average molecular weight is 281 g/mol. The van der Waals surface area contributed by atoms with E-state index in [0.717, 1.165) is 0 Å². The van der Waals surface area contributed by atoms with Crippen LogP contribution in [0.4, 0.5) is 0 Å². The van der Waals surface area contributed by atoms with Gasteiger partial charge in [0.05, 0.1) is 19.8 Å². The van der Waals surface area contributed by atoms with E-state index in [1.54, 1.807) is 32.0 Å². The van der Waals surface area contributed by atoms with Crippen molar-refractivity contribution < 1.29 is 24.2 Å². The lowest BCUT2D eigenvalue weighted by Crippen LogP contribution is -2.44. The summed E-state index contributed by atoms with van der Waals surface area (Å²) in [6.45, 7) is 3.45. The summed E-state index contributed by atoms with van der Waals surface area (Å²) in [7, 11) is 2.89. The minimum absolute atomic E-state index is 0.229. The molecule has 0 heterocycles. The second-order valence-corrected chi connectivity index (χ2v) is 4.57. The molecule has 1 rings (SSSR count). The monoisotopic (exact) mass is 281 g/mol. The van der Waals surface area contributed by atoms with Crippen LogP contribution in [0.1, 0.15) is 24.2 Å². The molecule has 1 aromatic rings. The molecular weight excluding hydrogens is 262 g/mol. The molecule has 0 saturated heterocycles. The van der Waals surface area contributed by atoms with E-state index in [0.29, 0.717) is 5.75 Å². The van der Waals surface area contributed by atoms with Gasteiger partial charge in [0.1, 0.15) is 6.04 Å². The third-order valence-corrected chi connectivity index (χ3v) is 2.87. The Morgan fingerprint density at radius 2 is 1.85 bits per heavy atom. The quantitative estimate of drug-likeness (QED) is 0.826. The third kappa shape index (κ3) is 3.40. The summed E-state index contributed by atoms with van der Waals surface area (Å²) < 4.78 is 10.3. The number of amides is 1. The molecule has 0 saturated carbocycles. The fraction of sp³-hybridized carbons (Fsp3) is 0.429. The van der Waals surface area contributed by atoms with Crippen molar-refractivity contribution in [1.82, 2.24) is 5.32 Å². The van der Waals surface area contributed by atoms with Gasteiger partial charge in [0.2, 0.25) is 0 Å². The second-order valence-electron chi connectivity index (χ2n) is 4.57. The van der Waals surface area contributed by atoms with Crippen LogP contribution in [0.5, 0.6) is 11.5 Å². The van der Waals surface area contributed by atoms with Crippen molar-refractivity contribution in [1.29, 1.82) is 0 Å². The highest BCUT2D eigenvalue weighted by molar-refractivity contribution is 5.99. The molecule has 110 valence electrons. The predicted octanol–water partition coefficient (Wildman–Crippen LogP) is 1.54. The number of aliphatic carboxylic acids is 1. The van der Waals surface area contributed by atoms with Crippen LogP contribution in [0.2, 0.25) is 0 Å². The highest BCUT2D eigenvalue weighted by Crippen LogP contribution is 2.30. The molecule has 6 nitrogen and oxygen atoms in total. The molecule has 0 unspecified atom stereocenters. The van der Waals surface area contributed by atoms with Gasteiger partial charge in [0, 0.05) is 0 Å². The van der Waals surface area contributed by atoms with Gasteiger partial charge >= 0.3 is 5.97 Å². The van der Waals surface area contributed by atoms with E-state index in [9.17, 15) is 9.59 Å². The first-order chi connectivity index (χ1) is 9.42. The molecule has 1 aromatic carbocycles. The topological polar surface area (TPSA) is 84.9 Å². The van der Waals surface area contributed by atoms with Gasteiger partial charge in [-0.15, -0.1) is 0 Å². The molecule has 0 aliphatic heterocycles. The Kier molecular flexibility index (Phi) is 5.37. The van der Waals surface area contributed by atoms with Crippen molar-refractivity contribution in [3.63, 3.8) is 0 Å². The Balaban J connectivity index is 3.06. The Bertz CT molecular complexity index is 498. The number of para-hydroxylation sites is 1. The molecule has 2 N–H and O–H groups in total. The summed E-state index contributed by atoms with van der Waals surface area (Å²) in [6.07, 6.45) is 0. The molecule has 0 aromatic heterocycles. The lowest BCUT2D eigenvalue weighted by Gasteiger charge is -2.19. The molecule has 20 heavy (non-hydrogen) atoms. The van der Waals surface area contributed by atoms with Gasteiger partial charge in [0.25, 0.3) is 5.91 Å². The Morgan fingerprint density at radius 1 is 1.20 bits per heavy atom. The van der Waals surface area contributed by atoms with Crippen LogP contribution in [-0.2, 0) is 4.79 Å². The summed E-state index contributed by atoms with van der Waals surface area (Å²) >= 11 is 0. The lowest BCUT2D eigenvalue weighted by atomic mass is 10.0. The van der Waals surface area contributed by atoms with Crippen molar-refractivity contribution in [2.45, 2.75) is 19.9 Å². The minimum atomic E-state index is -1.07. The number of carboxylic acid groups (broad SMARTS) is 1. The van der Waals surface area contributed by atoms with Crippen molar-refractivity contribution in [3.8, 4) is 11.5 Å². The second kappa shape index (κ2) is 6.79. The normalized spacial score (nSPS) is 11.8. The standard InChI is InChI=1S/C14H19NO5/c1-8(2)11(14(17)18)15-13(16)9-6-5-7-10(19-3)12(9)20-4/h5-8,11H,1-4H3,(H,15,16)(H,17,18)/t11-/m1/s1. The number of rotatable bonds is 6. The maximum absolute atomic E-state index is 12.2. The van der Waals surface area contributed by atoms with Crippen LogP contribution in [0.15, 0.2) is 18.2 Å². The van der Waals surface area contributed by atoms with Gasteiger partial charge < -0.3 is 19.9 Å². The zero-order chi connectivity index (χ0) is 15.3. The van der Waals surface area contributed by atoms with Crippen LogP contribution in [0, 0.1) is 5.92 Å². The summed E-state index contributed by atoms with van der Waals surface area (Å²) in [5, 5.41) is 11.6. The largest absolute Gasteiger partial charge is 0.493 e. The molecule has 1 amide bonds. The first-order valence-electron chi connectivity index (χ1n) is 6.17. The Morgan fingerprint density at radius 3 is 2.30 bits per heavy atom. The van der Waals surface area contributed by atoms with Crippen LogP contribution < -0.4 is 14.8 Å². The summed E-state index contributed by atoms with van der Waals surface area (Å²) in [4.78, 5) is 23.3. The first-order valence-corrected chi connectivity index (χ1v) is 6.17. The molecule has 0 radical (unpaired) electrons. The maximum atomic E-state index is 12.2. The van der Waals surface area contributed by atoms with Crippen LogP contribution in [0.25, 0.3) is 0 Å². The number of carbonyl (C=O) groups is 2. The van der Waals surface area contributed by atoms with Crippen molar-refractivity contribution in [2.75, 3.05) is 14.2 Å². The maximum Gasteiger partial charge on any atom is 0.326 e. The highest BCUT2D eigenvalue weighted by Gasteiger charge is 2.26. The van der Waals surface area contributed by atoms with E-state index >= 15 is 0 Å². The van der Waals surface area contributed by atoms with Crippen molar-refractivity contribution >= 4 is 11.9 Å². The van der Waals surface area contributed by atoms with E-state index < -0.39 is 17.9 Å². The van der Waals surface area contributed by atoms with Gasteiger partial charge in [-0.05, 0) is 18.1 Å². The van der Waals surface area contributed by atoms with Gasteiger partial charge in [-0.1, -0.05) is 19.9 Å². The van der Waals surface area contributed by atoms with E-state index in [2.05, 4.69) is 5.32 Å². The van der Waals surface area contributed by atoms with Gasteiger partial charge in [0.15, 0.2) is 11.5 Å².